The van der Waals surface area contributed by atoms with E-state index in [1.165, 1.54) is 6.92 Å². The number of para-hydroxylation sites is 2. The Kier molecular flexibility index (Phi) is 2.64. The molecule has 0 radical (unpaired) electrons. The summed E-state index contributed by atoms with van der Waals surface area (Å²) >= 11 is 0. The van der Waals surface area contributed by atoms with Crippen LogP contribution in [0.25, 0.3) is 11.0 Å². The predicted molar refractivity (Wildman–Crippen MR) is 62.9 cm³/mol. The number of rotatable bonds is 2. The van der Waals surface area contributed by atoms with Crippen LogP contribution in [0.1, 0.15) is 25.7 Å². The second-order valence-electron chi connectivity index (χ2n) is 3.94. The van der Waals surface area contributed by atoms with Crippen molar-refractivity contribution in [3.63, 3.8) is 0 Å². The zero-order valence-corrected chi connectivity index (χ0v) is 9.69. The number of nitrogens with one attached hydrogen (secondary N) is 1. The highest BCUT2D eigenvalue weighted by molar-refractivity contribution is 5.76. The molecule has 2 aromatic rings. The first-order chi connectivity index (χ1) is 7.59. The van der Waals surface area contributed by atoms with Crippen molar-refractivity contribution >= 4 is 16.9 Å². The van der Waals surface area contributed by atoms with E-state index in [-0.39, 0.29) is 11.9 Å². The van der Waals surface area contributed by atoms with E-state index in [0.717, 1.165) is 16.9 Å². The highest BCUT2D eigenvalue weighted by Crippen LogP contribution is 2.18. The van der Waals surface area contributed by atoms with E-state index in [2.05, 4.69) is 10.3 Å². The molecule has 0 aliphatic carbocycles. The van der Waals surface area contributed by atoms with Gasteiger partial charge in [0.15, 0.2) is 0 Å². The van der Waals surface area contributed by atoms with Gasteiger partial charge in [-0.2, -0.15) is 0 Å². The molecular weight excluding hydrogens is 202 g/mol. The Morgan fingerprint density at radius 3 is 2.75 bits per heavy atom. The molecule has 0 bridgehead atoms. The third kappa shape index (κ3) is 1.78. The SMILES string of the molecule is CC(=O)N[C@@H](C)c1nc2ccccc2n1C. The van der Waals surface area contributed by atoms with Crippen LogP contribution in [0.3, 0.4) is 0 Å². The fourth-order valence-corrected chi connectivity index (χ4v) is 1.92. The molecule has 16 heavy (non-hydrogen) atoms. The van der Waals surface area contributed by atoms with Crippen LogP contribution in [-0.4, -0.2) is 15.5 Å². The quantitative estimate of drug-likeness (QED) is 0.833. The average Bonchev–Trinajstić information content (AvgIpc) is 2.56. The third-order valence-electron chi connectivity index (χ3n) is 2.63. The molecule has 0 saturated carbocycles. The number of benzene rings is 1. The summed E-state index contributed by atoms with van der Waals surface area (Å²) in [4.78, 5) is 15.5. The molecule has 1 atom stereocenters. The lowest BCUT2D eigenvalue weighted by molar-refractivity contribution is -0.119. The summed E-state index contributed by atoms with van der Waals surface area (Å²) in [6.45, 7) is 3.45. The van der Waals surface area contributed by atoms with Gasteiger partial charge in [-0.15, -0.1) is 0 Å². The number of fused-ring (bicyclic) bond motifs is 1. The van der Waals surface area contributed by atoms with Gasteiger partial charge in [-0.3, -0.25) is 4.79 Å². The Bertz CT molecular complexity index is 530. The molecule has 1 amide bonds. The number of hydrogen-bond donors (Lipinski definition) is 1. The summed E-state index contributed by atoms with van der Waals surface area (Å²) in [5.41, 5.74) is 2.03. The van der Waals surface area contributed by atoms with Gasteiger partial charge in [0, 0.05) is 14.0 Å². The highest BCUT2D eigenvalue weighted by Gasteiger charge is 2.14. The molecule has 0 fully saturated rings. The Hall–Kier alpha value is -1.84. The monoisotopic (exact) mass is 217 g/mol. The summed E-state index contributed by atoms with van der Waals surface area (Å²) in [6.07, 6.45) is 0. The number of aromatic nitrogens is 2. The first kappa shape index (κ1) is 10.7. The molecule has 1 heterocycles. The van der Waals surface area contributed by atoms with Crippen LogP contribution in [0.2, 0.25) is 0 Å². The summed E-state index contributed by atoms with van der Waals surface area (Å²) in [6, 6.07) is 7.86. The van der Waals surface area contributed by atoms with Crippen LogP contribution >= 0.6 is 0 Å². The zero-order chi connectivity index (χ0) is 11.7. The number of carbonyl (C=O) groups is 1. The molecule has 0 aliphatic rings. The van der Waals surface area contributed by atoms with Crippen molar-refractivity contribution in [3.8, 4) is 0 Å². The Balaban J connectivity index is 2.45. The van der Waals surface area contributed by atoms with Crippen molar-refractivity contribution in [1.29, 1.82) is 0 Å². The first-order valence-electron chi connectivity index (χ1n) is 5.28. The van der Waals surface area contributed by atoms with E-state index in [0.29, 0.717) is 0 Å². The summed E-state index contributed by atoms with van der Waals surface area (Å²) < 4.78 is 2.01. The van der Waals surface area contributed by atoms with Gasteiger partial charge in [0.05, 0.1) is 17.1 Å². The van der Waals surface area contributed by atoms with Crippen molar-refractivity contribution in [2.45, 2.75) is 19.9 Å². The van der Waals surface area contributed by atoms with Gasteiger partial charge < -0.3 is 9.88 Å². The van der Waals surface area contributed by atoms with E-state index in [9.17, 15) is 4.79 Å². The van der Waals surface area contributed by atoms with E-state index in [4.69, 9.17) is 0 Å². The third-order valence-corrected chi connectivity index (χ3v) is 2.63. The van der Waals surface area contributed by atoms with Crippen molar-refractivity contribution in [1.82, 2.24) is 14.9 Å². The molecule has 84 valence electrons. The maximum absolute atomic E-state index is 11.0. The minimum atomic E-state index is -0.0742. The van der Waals surface area contributed by atoms with Crippen molar-refractivity contribution in [2.75, 3.05) is 0 Å². The molecule has 0 unspecified atom stereocenters. The molecule has 4 heteroatoms. The van der Waals surface area contributed by atoms with Gasteiger partial charge in [0.1, 0.15) is 5.82 Å². The van der Waals surface area contributed by atoms with E-state index in [1.54, 1.807) is 0 Å². The smallest absolute Gasteiger partial charge is 0.217 e. The predicted octanol–water partition coefficient (Wildman–Crippen LogP) is 1.77. The van der Waals surface area contributed by atoms with E-state index < -0.39 is 0 Å². The molecule has 1 aromatic heterocycles. The van der Waals surface area contributed by atoms with Crippen molar-refractivity contribution in [3.05, 3.63) is 30.1 Å². The van der Waals surface area contributed by atoms with Crippen molar-refractivity contribution < 1.29 is 4.79 Å². The van der Waals surface area contributed by atoms with Crippen LogP contribution in [0, 0.1) is 0 Å². The fraction of sp³-hybridized carbons (Fsp3) is 0.333. The van der Waals surface area contributed by atoms with Gasteiger partial charge in [-0.05, 0) is 19.1 Å². The van der Waals surface area contributed by atoms with Crippen LogP contribution < -0.4 is 5.32 Å². The summed E-state index contributed by atoms with van der Waals surface area (Å²) in [7, 11) is 1.96. The minimum absolute atomic E-state index is 0.0421. The molecule has 4 nitrogen and oxygen atoms in total. The Morgan fingerprint density at radius 2 is 2.12 bits per heavy atom. The maximum atomic E-state index is 11.0. The lowest BCUT2D eigenvalue weighted by atomic mass is 10.3. The van der Waals surface area contributed by atoms with Crippen LogP contribution in [0.5, 0.6) is 0 Å². The summed E-state index contributed by atoms with van der Waals surface area (Å²) in [5, 5.41) is 2.84. The average molecular weight is 217 g/mol. The van der Waals surface area contributed by atoms with Crippen LogP contribution in [-0.2, 0) is 11.8 Å². The van der Waals surface area contributed by atoms with Gasteiger partial charge in [0.2, 0.25) is 5.91 Å². The van der Waals surface area contributed by atoms with Crippen LogP contribution in [0.15, 0.2) is 24.3 Å². The second kappa shape index (κ2) is 3.96. The van der Waals surface area contributed by atoms with Crippen LogP contribution in [0.4, 0.5) is 0 Å². The fourth-order valence-electron chi connectivity index (χ4n) is 1.92. The summed E-state index contributed by atoms with van der Waals surface area (Å²) in [5.74, 6) is 0.830. The molecule has 1 N–H and O–H groups in total. The standard InChI is InChI=1S/C12H15N3O/c1-8(13-9(2)16)12-14-10-6-4-5-7-11(10)15(12)3/h4-8H,1-3H3,(H,13,16)/t8-/m0/s1. The van der Waals surface area contributed by atoms with Gasteiger partial charge in [-0.1, -0.05) is 12.1 Å². The molecule has 0 spiro atoms. The minimum Gasteiger partial charge on any atom is -0.347 e. The first-order valence-corrected chi connectivity index (χ1v) is 5.28. The number of hydrogen-bond acceptors (Lipinski definition) is 2. The number of amides is 1. The maximum Gasteiger partial charge on any atom is 0.217 e. The zero-order valence-electron chi connectivity index (χ0n) is 9.69. The van der Waals surface area contributed by atoms with E-state index >= 15 is 0 Å². The second-order valence-corrected chi connectivity index (χ2v) is 3.94. The Labute approximate surface area is 94.3 Å². The normalized spacial score (nSPS) is 12.7. The molecule has 0 aliphatic heterocycles. The largest absolute Gasteiger partial charge is 0.347 e. The Morgan fingerprint density at radius 1 is 1.44 bits per heavy atom. The van der Waals surface area contributed by atoms with E-state index in [1.807, 2.05) is 42.8 Å². The lowest BCUT2D eigenvalue weighted by Crippen LogP contribution is -2.25. The van der Waals surface area contributed by atoms with Gasteiger partial charge >= 0.3 is 0 Å². The van der Waals surface area contributed by atoms with Gasteiger partial charge in [0.25, 0.3) is 0 Å². The molecule has 1 aromatic carbocycles. The van der Waals surface area contributed by atoms with Gasteiger partial charge in [-0.25, -0.2) is 4.98 Å². The highest BCUT2D eigenvalue weighted by atomic mass is 16.1. The number of nitrogens with zero attached hydrogens (tertiary/aromatic N) is 2. The molecule has 0 saturated heterocycles. The molecular formula is C12H15N3O. The number of aryl methyl sites for hydroxylation is 1. The lowest BCUT2D eigenvalue weighted by Gasteiger charge is -2.11. The topological polar surface area (TPSA) is 46.9 Å². The number of imidazole rings is 1. The van der Waals surface area contributed by atoms with Crippen molar-refractivity contribution in [2.24, 2.45) is 7.05 Å². The number of carbonyl (C=O) groups excluding carboxylic acids is 1. The molecule has 2 rings (SSSR count).